The van der Waals surface area contributed by atoms with E-state index >= 15 is 0 Å². The van der Waals surface area contributed by atoms with Gasteiger partial charge in [-0.1, -0.05) is 17.7 Å². The molecule has 0 radical (unpaired) electrons. The maximum absolute atomic E-state index is 9.22. The average Bonchev–Trinajstić information content (AvgIpc) is 1.84. The van der Waals surface area contributed by atoms with E-state index in [4.69, 9.17) is 4.74 Å². The monoisotopic (exact) mass is 170 g/mol. The zero-order valence-electron chi connectivity index (χ0n) is 7.97. The summed E-state index contributed by atoms with van der Waals surface area (Å²) in [7, 11) is 0. The van der Waals surface area contributed by atoms with Gasteiger partial charge in [-0.25, -0.2) is 0 Å². The number of ether oxygens (including phenoxy) is 1. The van der Waals surface area contributed by atoms with Crippen LogP contribution in [0.3, 0.4) is 0 Å². The van der Waals surface area contributed by atoms with E-state index in [9.17, 15) is 5.11 Å². The van der Waals surface area contributed by atoms with Crippen LogP contribution >= 0.6 is 0 Å². The standard InChI is InChI=1S/C10H18O2/c1-8(2)5-6-12-10(11)7-9(3)4/h10-11H,1,3,5-7H2,2,4H3. The van der Waals surface area contributed by atoms with Crippen molar-refractivity contribution in [2.75, 3.05) is 6.61 Å². The van der Waals surface area contributed by atoms with Gasteiger partial charge < -0.3 is 9.84 Å². The van der Waals surface area contributed by atoms with Gasteiger partial charge in [-0.05, 0) is 20.3 Å². The Hall–Kier alpha value is -0.600. The lowest BCUT2D eigenvalue weighted by molar-refractivity contribution is -0.0960. The fourth-order valence-electron chi connectivity index (χ4n) is 0.726. The summed E-state index contributed by atoms with van der Waals surface area (Å²) in [6.45, 7) is 11.8. The molecular formula is C10H18O2. The first-order chi connectivity index (χ1) is 5.52. The Morgan fingerprint density at radius 2 is 1.92 bits per heavy atom. The van der Waals surface area contributed by atoms with E-state index in [1.807, 2.05) is 13.8 Å². The normalized spacial score (nSPS) is 12.6. The lowest BCUT2D eigenvalue weighted by Gasteiger charge is -2.11. The molecule has 0 aliphatic heterocycles. The van der Waals surface area contributed by atoms with Gasteiger partial charge in [0.25, 0.3) is 0 Å². The first-order valence-electron chi connectivity index (χ1n) is 4.11. The van der Waals surface area contributed by atoms with Gasteiger partial charge in [-0.15, -0.1) is 6.58 Å². The van der Waals surface area contributed by atoms with Crippen LogP contribution < -0.4 is 0 Å². The van der Waals surface area contributed by atoms with E-state index in [-0.39, 0.29) is 0 Å². The molecule has 0 rings (SSSR count). The minimum atomic E-state index is -0.707. The third-order valence-electron chi connectivity index (χ3n) is 1.36. The maximum atomic E-state index is 9.22. The molecule has 0 fully saturated rings. The third-order valence-corrected chi connectivity index (χ3v) is 1.36. The lowest BCUT2D eigenvalue weighted by Crippen LogP contribution is -2.12. The van der Waals surface area contributed by atoms with Crippen LogP contribution in [0.25, 0.3) is 0 Å². The van der Waals surface area contributed by atoms with Crippen LogP contribution in [-0.4, -0.2) is 18.0 Å². The summed E-state index contributed by atoms with van der Waals surface area (Å²) in [6, 6.07) is 0. The van der Waals surface area contributed by atoms with E-state index in [0.29, 0.717) is 13.0 Å². The Kier molecular flexibility index (Phi) is 5.68. The van der Waals surface area contributed by atoms with Crippen LogP contribution in [0.4, 0.5) is 0 Å². The molecule has 0 spiro atoms. The van der Waals surface area contributed by atoms with Crippen molar-refractivity contribution in [3.63, 3.8) is 0 Å². The van der Waals surface area contributed by atoms with Crippen molar-refractivity contribution in [2.45, 2.75) is 33.0 Å². The molecule has 0 aromatic carbocycles. The second-order valence-electron chi connectivity index (χ2n) is 3.19. The summed E-state index contributed by atoms with van der Waals surface area (Å²) in [5.74, 6) is 0. The highest BCUT2D eigenvalue weighted by molar-refractivity contribution is 4.89. The Morgan fingerprint density at radius 1 is 1.33 bits per heavy atom. The van der Waals surface area contributed by atoms with Crippen LogP contribution in [0, 0.1) is 0 Å². The molecule has 1 N–H and O–H groups in total. The number of aliphatic hydroxyl groups is 1. The van der Waals surface area contributed by atoms with Crippen LogP contribution in [0.15, 0.2) is 24.3 Å². The van der Waals surface area contributed by atoms with Gasteiger partial charge in [0.15, 0.2) is 6.29 Å². The first-order valence-corrected chi connectivity index (χ1v) is 4.11. The fraction of sp³-hybridized carbons (Fsp3) is 0.600. The van der Waals surface area contributed by atoms with Crippen molar-refractivity contribution in [1.82, 2.24) is 0 Å². The van der Waals surface area contributed by atoms with E-state index in [1.54, 1.807) is 0 Å². The zero-order valence-corrected chi connectivity index (χ0v) is 7.97. The molecule has 0 aliphatic carbocycles. The van der Waals surface area contributed by atoms with Gasteiger partial charge in [0.1, 0.15) is 0 Å². The highest BCUT2D eigenvalue weighted by Gasteiger charge is 2.02. The Labute approximate surface area is 74.6 Å². The van der Waals surface area contributed by atoms with Gasteiger partial charge in [0, 0.05) is 6.42 Å². The average molecular weight is 170 g/mol. The highest BCUT2D eigenvalue weighted by atomic mass is 16.6. The van der Waals surface area contributed by atoms with Crippen molar-refractivity contribution in [2.24, 2.45) is 0 Å². The van der Waals surface area contributed by atoms with Gasteiger partial charge in [-0.3, -0.25) is 0 Å². The summed E-state index contributed by atoms with van der Waals surface area (Å²) in [5.41, 5.74) is 2.00. The minimum absolute atomic E-state index is 0.510. The van der Waals surface area contributed by atoms with Gasteiger partial charge >= 0.3 is 0 Å². The summed E-state index contributed by atoms with van der Waals surface area (Å²) in [5, 5.41) is 9.22. The molecule has 0 aliphatic rings. The summed E-state index contributed by atoms with van der Waals surface area (Å²) < 4.78 is 5.10. The van der Waals surface area contributed by atoms with Crippen LogP contribution in [0.1, 0.15) is 26.7 Å². The number of aliphatic hydroxyl groups excluding tert-OH is 1. The van der Waals surface area contributed by atoms with Gasteiger partial charge in [0.2, 0.25) is 0 Å². The van der Waals surface area contributed by atoms with Crippen molar-refractivity contribution in [1.29, 1.82) is 0 Å². The first kappa shape index (κ1) is 11.4. The Morgan fingerprint density at radius 3 is 2.33 bits per heavy atom. The van der Waals surface area contributed by atoms with Crippen molar-refractivity contribution >= 4 is 0 Å². The molecule has 2 heteroatoms. The molecule has 0 heterocycles. The quantitative estimate of drug-likeness (QED) is 0.489. The molecule has 70 valence electrons. The van der Waals surface area contributed by atoms with E-state index < -0.39 is 6.29 Å². The second-order valence-corrected chi connectivity index (χ2v) is 3.19. The fourth-order valence-corrected chi connectivity index (χ4v) is 0.726. The van der Waals surface area contributed by atoms with Gasteiger partial charge in [-0.2, -0.15) is 0 Å². The third kappa shape index (κ3) is 7.51. The zero-order chi connectivity index (χ0) is 9.56. The molecule has 12 heavy (non-hydrogen) atoms. The smallest absolute Gasteiger partial charge is 0.158 e. The SMILES string of the molecule is C=C(C)CCOC(O)CC(=C)C. The summed E-state index contributed by atoms with van der Waals surface area (Å²) in [4.78, 5) is 0. The minimum Gasteiger partial charge on any atom is -0.368 e. The molecule has 0 saturated heterocycles. The molecule has 1 unspecified atom stereocenters. The molecule has 0 aromatic heterocycles. The highest BCUT2D eigenvalue weighted by Crippen LogP contribution is 2.04. The number of hydrogen-bond donors (Lipinski definition) is 1. The predicted octanol–water partition coefficient (Wildman–Crippen LogP) is 2.25. The number of rotatable bonds is 6. The largest absolute Gasteiger partial charge is 0.368 e. The van der Waals surface area contributed by atoms with E-state index in [1.165, 1.54) is 0 Å². The van der Waals surface area contributed by atoms with Crippen molar-refractivity contribution < 1.29 is 9.84 Å². The van der Waals surface area contributed by atoms with Crippen LogP contribution in [0.2, 0.25) is 0 Å². The molecule has 0 bridgehead atoms. The maximum Gasteiger partial charge on any atom is 0.158 e. The predicted molar refractivity (Wildman–Crippen MR) is 50.8 cm³/mol. The summed E-state index contributed by atoms with van der Waals surface area (Å²) in [6.07, 6.45) is 0.602. The lowest BCUT2D eigenvalue weighted by atomic mass is 10.2. The van der Waals surface area contributed by atoms with Gasteiger partial charge in [0.05, 0.1) is 6.61 Å². The van der Waals surface area contributed by atoms with E-state index in [0.717, 1.165) is 17.6 Å². The summed E-state index contributed by atoms with van der Waals surface area (Å²) >= 11 is 0. The molecular weight excluding hydrogens is 152 g/mol. The Balaban J connectivity index is 3.37. The van der Waals surface area contributed by atoms with Crippen LogP contribution in [0.5, 0.6) is 0 Å². The molecule has 0 saturated carbocycles. The topological polar surface area (TPSA) is 29.5 Å². The van der Waals surface area contributed by atoms with Crippen molar-refractivity contribution in [3.05, 3.63) is 24.3 Å². The Bertz CT molecular complexity index is 161. The molecule has 0 aromatic rings. The molecule has 1 atom stereocenters. The number of hydrogen-bond acceptors (Lipinski definition) is 2. The molecule has 2 nitrogen and oxygen atoms in total. The second kappa shape index (κ2) is 5.98. The van der Waals surface area contributed by atoms with Crippen LogP contribution in [-0.2, 0) is 4.74 Å². The van der Waals surface area contributed by atoms with E-state index in [2.05, 4.69) is 13.2 Å². The van der Waals surface area contributed by atoms with Crippen molar-refractivity contribution in [3.8, 4) is 0 Å². The molecule has 0 amide bonds.